The Kier molecular flexibility index (Phi) is 2.33. The average Bonchev–Trinajstić information content (AvgIpc) is 3.00. The molecule has 2 aromatic heterocycles. The molecular weight excluding hydrogens is 230 g/mol. The van der Waals surface area contributed by atoms with Crippen molar-refractivity contribution >= 4 is 22.5 Å². The molecule has 0 saturated heterocycles. The van der Waals surface area contributed by atoms with Crippen LogP contribution in [-0.2, 0) is 7.05 Å². The molecule has 0 aliphatic rings. The van der Waals surface area contributed by atoms with Crippen LogP contribution in [0.1, 0.15) is 10.5 Å². The van der Waals surface area contributed by atoms with Crippen LogP contribution in [0, 0.1) is 0 Å². The van der Waals surface area contributed by atoms with Crippen LogP contribution < -0.4 is 5.32 Å². The maximum atomic E-state index is 11.8. The topological polar surface area (TPSA) is 75.6 Å². The lowest BCUT2D eigenvalue weighted by molar-refractivity contribution is 0.102. The average molecular weight is 241 g/mol. The standard InChI is InChI=1S/C12H11N5O/c1-17-11-4-9(3-2-8(11)5-15-17)16-12(18)10-6-13-7-14-10/h2-7H,1H3,(H,13,14)(H,16,18). The molecular formula is C12H11N5O. The Morgan fingerprint density at radius 1 is 1.39 bits per heavy atom. The monoisotopic (exact) mass is 241 g/mol. The van der Waals surface area contributed by atoms with E-state index in [9.17, 15) is 4.79 Å². The number of H-pyrrole nitrogens is 1. The molecule has 0 radical (unpaired) electrons. The molecule has 6 nitrogen and oxygen atoms in total. The van der Waals surface area contributed by atoms with Gasteiger partial charge in [-0.1, -0.05) is 0 Å². The summed E-state index contributed by atoms with van der Waals surface area (Å²) in [5.41, 5.74) is 2.13. The van der Waals surface area contributed by atoms with Crippen LogP contribution in [0.4, 0.5) is 5.69 Å². The van der Waals surface area contributed by atoms with Crippen molar-refractivity contribution in [3.05, 3.63) is 42.6 Å². The van der Waals surface area contributed by atoms with Crippen molar-refractivity contribution in [1.82, 2.24) is 19.7 Å². The number of hydrogen-bond donors (Lipinski definition) is 2. The lowest BCUT2D eigenvalue weighted by atomic mass is 10.2. The minimum Gasteiger partial charge on any atom is -0.341 e. The number of carbonyl (C=O) groups is 1. The molecule has 0 spiro atoms. The number of nitrogens with one attached hydrogen (secondary N) is 2. The van der Waals surface area contributed by atoms with Gasteiger partial charge in [0.1, 0.15) is 5.69 Å². The SMILES string of the molecule is Cn1ncc2ccc(NC(=O)c3cnc[nH]3)cc21. The highest BCUT2D eigenvalue weighted by Crippen LogP contribution is 2.18. The summed E-state index contributed by atoms with van der Waals surface area (Å²) in [6.07, 6.45) is 4.74. The van der Waals surface area contributed by atoms with E-state index in [-0.39, 0.29) is 5.91 Å². The largest absolute Gasteiger partial charge is 0.341 e. The summed E-state index contributed by atoms with van der Waals surface area (Å²) in [7, 11) is 1.86. The minimum atomic E-state index is -0.214. The smallest absolute Gasteiger partial charge is 0.273 e. The van der Waals surface area contributed by atoms with Crippen molar-refractivity contribution in [2.75, 3.05) is 5.32 Å². The Morgan fingerprint density at radius 2 is 2.28 bits per heavy atom. The van der Waals surface area contributed by atoms with Gasteiger partial charge in [0.05, 0.1) is 24.2 Å². The van der Waals surface area contributed by atoms with Gasteiger partial charge in [0.2, 0.25) is 0 Å². The Bertz CT molecular complexity index is 698. The molecule has 2 N–H and O–H groups in total. The number of hydrogen-bond acceptors (Lipinski definition) is 3. The Labute approximate surface area is 103 Å². The van der Waals surface area contributed by atoms with E-state index in [4.69, 9.17) is 0 Å². The number of benzene rings is 1. The number of aryl methyl sites for hydroxylation is 1. The number of aromatic amines is 1. The van der Waals surface area contributed by atoms with Crippen molar-refractivity contribution < 1.29 is 4.79 Å². The maximum Gasteiger partial charge on any atom is 0.273 e. The van der Waals surface area contributed by atoms with Crippen LogP contribution in [0.5, 0.6) is 0 Å². The molecule has 1 aromatic carbocycles. The lowest BCUT2D eigenvalue weighted by Gasteiger charge is -2.04. The summed E-state index contributed by atoms with van der Waals surface area (Å²) in [6, 6.07) is 5.65. The van der Waals surface area contributed by atoms with Gasteiger partial charge in [-0.2, -0.15) is 5.10 Å². The molecule has 3 aromatic rings. The summed E-state index contributed by atoms with van der Waals surface area (Å²) in [5.74, 6) is -0.214. The zero-order chi connectivity index (χ0) is 12.5. The highest BCUT2D eigenvalue weighted by Gasteiger charge is 2.08. The van der Waals surface area contributed by atoms with Gasteiger partial charge in [0, 0.05) is 18.1 Å². The third-order valence-corrected chi connectivity index (χ3v) is 2.75. The van der Waals surface area contributed by atoms with Gasteiger partial charge >= 0.3 is 0 Å². The third kappa shape index (κ3) is 1.73. The quantitative estimate of drug-likeness (QED) is 0.714. The molecule has 2 heterocycles. The zero-order valence-electron chi connectivity index (χ0n) is 9.71. The molecule has 90 valence electrons. The second kappa shape index (κ2) is 3.99. The van der Waals surface area contributed by atoms with Crippen LogP contribution in [-0.4, -0.2) is 25.7 Å². The normalized spacial score (nSPS) is 10.7. The van der Waals surface area contributed by atoms with Gasteiger partial charge in [-0.25, -0.2) is 4.98 Å². The zero-order valence-corrected chi connectivity index (χ0v) is 9.71. The fourth-order valence-corrected chi connectivity index (χ4v) is 1.80. The Balaban J connectivity index is 1.91. The highest BCUT2D eigenvalue weighted by atomic mass is 16.1. The molecule has 18 heavy (non-hydrogen) atoms. The minimum absolute atomic E-state index is 0.214. The molecule has 3 rings (SSSR count). The molecule has 0 bridgehead atoms. The summed E-state index contributed by atoms with van der Waals surface area (Å²) in [6.45, 7) is 0. The van der Waals surface area contributed by atoms with Crippen molar-refractivity contribution in [1.29, 1.82) is 0 Å². The number of carbonyl (C=O) groups excluding carboxylic acids is 1. The first-order valence-electron chi connectivity index (χ1n) is 5.45. The molecule has 0 unspecified atom stereocenters. The number of nitrogens with zero attached hydrogens (tertiary/aromatic N) is 3. The fourth-order valence-electron chi connectivity index (χ4n) is 1.80. The van der Waals surface area contributed by atoms with Gasteiger partial charge in [-0.05, 0) is 18.2 Å². The number of rotatable bonds is 2. The third-order valence-electron chi connectivity index (χ3n) is 2.75. The van der Waals surface area contributed by atoms with E-state index in [0.717, 1.165) is 16.6 Å². The van der Waals surface area contributed by atoms with Crippen LogP contribution in [0.3, 0.4) is 0 Å². The predicted octanol–water partition coefficient (Wildman–Crippen LogP) is 1.55. The number of anilines is 1. The van der Waals surface area contributed by atoms with E-state index >= 15 is 0 Å². The van der Waals surface area contributed by atoms with Gasteiger partial charge < -0.3 is 10.3 Å². The second-order valence-electron chi connectivity index (χ2n) is 3.96. The fraction of sp³-hybridized carbons (Fsp3) is 0.0833. The van der Waals surface area contributed by atoms with Gasteiger partial charge in [-0.3, -0.25) is 9.48 Å². The number of imidazole rings is 1. The summed E-state index contributed by atoms with van der Waals surface area (Å²) in [4.78, 5) is 18.4. The summed E-state index contributed by atoms with van der Waals surface area (Å²) >= 11 is 0. The predicted molar refractivity (Wildman–Crippen MR) is 67.3 cm³/mol. The van der Waals surface area contributed by atoms with Gasteiger partial charge in [0.25, 0.3) is 5.91 Å². The Hall–Kier alpha value is -2.63. The van der Waals surface area contributed by atoms with Crippen LogP contribution in [0.2, 0.25) is 0 Å². The van der Waals surface area contributed by atoms with Gasteiger partial charge in [0.15, 0.2) is 0 Å². The van der Waals surface area contributed by atoms with E-state index in [1.807, 2.05) is 25.2 Å². The van der Waals surface area contributed by atoms with E-state index in [0.29, 0.717) is 5.69 Å². The van der Waals surface area contributed by atoms with E-state index in [1.165, 1.54) is 12.5 Å². The van der Waals surface area contributed by atoms with Crippen molar-refractivity contribution in [3.63, 3.8) is 0 Å². The van der Waals surface area contributed by atoms with E-state index < -0.39 is 0 Å². The molecule has 1 amide bonds. The number of aromatic nitrogens is 4. The molecule has 6 heteroatoms. The molecule has 0 saturated carbocycles. The molecule has 0 aliphatic heterocycles. The highest BCUT2D eigenvalue weighted by molar-refractivity contribution is 6.03. The van der Waals surface area contributed by atoms with E-state index in [2.05, 4.69) is 20.4 Å². The maximum absolute atomic E-state index is 11.8. The first-order chi connectivity index (χ1) is 8.74. The van der Waals surface area contributed by atoms with E-state index in [1.54, 1.807) is 10.9 Å². The van der Waals surface area contributed by atoms with Crippen molar-refractivity contribution in [2.45, 2.75) is 0 Å². The number of amides is 1. The van der Waals surface area contributed by atoms with Crippen LogP contribution in [0.25, 0.3) is 10.9 Å². The molecule has 0 aliphatic carbocycles. The first-order valence-corrected chi connectivity index (χ1v) is 5.45. The van der Waals surface area contributed by atoms with Gasteiger partial charge in [-0.15, -0.1) is 0 Å². The van der Waals surface area contributed by atoms with Crippen molar-refractivity contribution in [3.8, 4) is 0 Å². The first kappa shape index (κ1) is 10.5. The number of fused-ring (bicyclic) bond motifs is 1. The lowest BCUT2D eigenvalue weighted by Crippen LogP contribution is -2.12. The summed E-state index contributed by atoms with van der Waals surface area (Å²) < 4.78 is 1.77. The van der Waals surface area contributed by atoms with Crippen LogP contribution in [0.15, 0.2) is 36.9 Å². The molecule has 0 atom stereocenters. The Morgan fingerprint density at radius 3 is 3.06 bits per heavy atom. The second-order valence-corrected chi connectivity index (χ2v) is 3.96. The molecule has 0 fully saturated rings. The van der Waals surface area contributed by atoms with Crippen molar-refractivity contribution in [2.24, 2.45) is 7.05 Å². The summed E-state index contributed by atoms with van der Waals surface area (Å²) in [5, 5.41) is 7.99. The van der Waals surface area contributed by atoms with Crippen LogP contribution >= 0.6 is 0 Å².